The van der Waals surface area contributed by atoms with Gasteiger partial charge in [-0.2, -0.15) is 0 Å². The molecule has 0 unspecified atom stereocenters. The minimum Gasteiger partial charge on any atom is -0.502 e. The van der Waals surface area contributed by atoms with Gasteiger partial charge in [0.05, 0.1) is 14.2 Å². The molecule has 0 saturated carbocycles. The number of carbonyl (C=O) groups excluding carboxylic acids is 1. The van der Waals surface area contributed by atoms with E-state index in [9.17, 15) is 9.90 Å². The van der Waals surface area contributed by atoms with E-state index >= 15 is 0 Å². The van der Waals surface area contributed by atoms with E-state index in [2.05, 4.69) is 0 Å². The highest BCUT2D eigenvalue weighted by Crippen LogP contribution is 2.37. The summed E-state index contributed by atoms with van der Waals surface area (Å²) in [5, 5.41) is 9.80. The average molecular weight is 292 g/mol. The van der Waals surface area contributed by atoms with Crippen LogP contribution in [0.25, 0.3) is 6.08 Å². The van der Waals surface area contributed by atoms with Gasteiger partial charge in [0, 0.05) is 5.57 Å². The number of aromatic hydroxyl groups is 1. The Morgan fingerprint density at radius 1 is 1.24 bits per heavy atom. The van der Waals surface area contributed by atoms with Crippen molar-refractivity contribution in [2.45, 2.75) is 13.8 Å². The largest absolute Gasteiger partial charge is 0.502 e. The van der Waals surface area contributed by atoms with Crippen LogP contribution < -0.4 is 9.47 Å². The van der Waals surface area contributed by atoms with E-state index in [0.717, 1.165) is 5.56 Å². The van der Waals surface area contributed by atoms with Crippen LogP contribution >= 0.6 is 0 Å². The second-order valence-corrected chi connectivity index (χ2v) is 4.25. The number of rotatable bonds is 6. The minimum atomic E-state index is -0.344. The second kappa shape index (κ2) is 7.99. The Labute approximate surface area is 124 Å². The Bertz CT molecular complexity index is 533. The molecule has 1 aromatic rings. The molecule has 0 aliphatic carbocycles. The van der Waals surface area contributed by atoms with Gasteiger partial charge in [0.2, 0.25) is 5.75 Å². The number of allylic oxidation sites excluding steroid dienone is 1. The summed E-state index contributed by atoms with van der Waals surface area (Å²) in [5.74, 6) is 0.238. The van der Waals surface area contributed by atoms with Crippen molar-refractivity contribution in [2.24, 2.45) is 0 Å². The van der Waals surface area contributed by atoms with E-state index < -0.39 is 0 Å². The van der Waals surface area contributed by atoms with E-state index in [-0.39, 0.29) is 18.3 Å². The van der Waals surface area contributed by atoms with Crippen molar-refractivity contribution in [1.82, 2.24) is 0 Å². The number of hydrogen-bond acceptors (Lipinski definition) is 5. The highest BCUT2D eigenvalue weighted by atomic mass is 16.5. The Morgan fingerprint density at radius 2 is 1.81 bits per heavy atom. The summed E-state index contributed by atoms with van der Waals surface area (Å²) in [6.45, 7) is 3.64. The van der Waals surface area contributed by atoms with Gasteiger partial charge in [0.25, 0.3) is 0 Å². The zero-order valence-corrected chi connectivity index (χ0v) is 12.7. The molecule has 0 radical (unpaired) electrons. The average Bonchev–Trinajstić information content (AvgIpc) is 2.51. The molecular weight excluding hydrogens is 272 g/mol. The van der Waals surface area contributed by atoms with Gasteiger partial charge in [0.1, 0.15) is 6.61 Å². The molecule has 114 valence electrons. The van der Waals surface area contributed by atoms with E-state index in [1.54, 1.807) is 44.2 Å². The van der Waals surface area contributed by atoms with Crippen LogP contribution in [0.15, 0.2) is 29.9 Å². The van der Waals surface area contributed by atoms with E-state index in [1.165, 1.54) is 14.2 Å². The number of esters is 1. The zero-order chi connectivity index (χ0) is 15.8. The molecule has 1 N–H and O–H groups in total. The number of carbonyl (C=O) groups is 1. The van der Waals surface area contributed by atoms with E-state index in [0.29, 0.717) is 17.1 Å². The van der Waals surface area contributed by atoms with E-state index in [1.807, 2.05) is 0 Å². The number of phenolic OH excluding ortho intramolecular Hbond substituents is 1. The highest BCUT2D eigenvalue weighted by molar-refractivity contribution is 5.87. The lowest BCUT2D eigenvalue weighted by atomic mass is 10.1. The first-order valence-electron chi connectivity index (χ1n) is 6.45. The monoisotopic (exact) mass is 292 g/mol. The van der Waals surface area contributed by atoms with Crippen molar-refractivity contribution < 1.29 is 24.1 Å². The van der Waals surface area contributed by atoms with Crippen molar-refractivity contribution in [1.29, 1.82) is 0 Å². The summed E-state index contributed by atoms with van der Waals surface area (Å²) in [5.41, 5.74) is 1.33. The van der Waals surface area contributed by atoms with Gasteiger partial charge in [-0.15, -0.1) is 0 Å². The van der Waals surface area contributed by atoms with Crippen LogP contribution in [0.2, 0.25) is 0 Å². The molecule has 0 bridgehead atoms. The topological polar surface area (TPSA) is 65.0 Å². The number of ether oxygens (including phenoxy) is 3. The van der Waals surface area contributed by atoms with Gasteiger partial charge in [-0.3, -0.25) is 0 Å². The molecule has 5 heteroatoms. The van der Waals surface area contributed by atoms with Crippen LogP contribution in [-0.2, 0) is 9.53 Å². The maximum atomic E-state index is 11.4. The van der Waals surface area contributed by atoms with Crippen LogP contribution in [0, 0.1) is 0 Å². The predicted octanol–water partition coefficient (Wildman–Crippen LogP) is 2.93. The molecule has 0 fully saturated rings. The van der Waals surface area contributed by atoms with E-state index in [4.69, 9.17) is 14.2 Å². The predicted molar refractivity (Wildman–Crippen MR) is 80.6 cm³/mol. The lowest BCUT2D eigenvalue weighted by Gasteiger charge is -2.09. The molecule has 0 saturated heterocycles. The van der Waals surface area contributed by atoms with Crippen molar-refractivity contribution >= 4 is 12.0 Å². The normalized spacial score (nSPS) is 11.5. The molecule has 1 rings (SSSR count). The highest BCUT2D eigenvalue weighted by Gasteiger charge is 2.09. The molecule has 0 aliphatic heterocycles. The Balaban J connectivity index is 2.75. The van der Waals surface area contributed by atoms with Gasteiger partial charge >= 0.3 is 5.97 Å². The third-order valence-electron chi connectivity index (χ3n) is 2.88. The molecular formula is C16H20O5. The fourth-order valence-corrected chi connectivity index (χ4v) is 1.55. The minimum absolute atomic E-state index is 0.0488. The summed E-state index contributed by atoms with van der Waals surface area (Å²) >= 11 is 0. The van der Waals surface area contributed by atoms with Gasteiger partial charge in [0.15, 0.2) is 11.5 Å². The van der Waals surface area contributed by atoms with Gasteiger partial charge in [-0.1, -0.05) is 12.2 Å². The summed E-state index contributed by atoms with van der Waals surface area (Å²) in [6.07, 6.45) is 5.15. The molecule has 0 spiro atoms. The molecule has 0 heterocycles. The molecule has 1 aromatic carbocycles. The molecule has 0 atom stereocenters. The van der Waals surface area contributed by atoms with Crippen molar-refractivity contribution in [3.8, 4) is 17.2 Å². The number of methoxy groups -OCH3 is 2. The number of benzene rings is 1. The smallest absolute Gasteiger partial charge is 0.333 e. The first-order valence-corrected chi connectivity index (χ1v) is 6.45. The molecule has 21 heavy (non-hydrogen) atoms. The summed E-state index contributed by atoms with van der Waals surface area (Å²) in [4.78, 5) is 11.4. The van der Waals surface area contributed by atoms with Crippen LogP contribution in [0.3, 0.4) is 0 Å². The zero-order valence-electron chi connectivity index (χ0n) is 12.7. The maximum absolute atomic E-state index is 11.4. The van der Waals surface area contributed by atoms with Crippen LogP contribution in [-0.4, -0.2) is 31.9 Å². The molecule has 0 aromatic heterocycles. The van der Waals surface area contributed by atoms with Crippen molar-refractivity contribution in [2.75, 3.05) is 20.8 Å². The summed E-state index contributed by atoms with van der Waals surface area (Å²) in [6, 6.07) is 3.32. The lowest BCUT2D eigenvalue weighted by molar-refractivity contribution is -0.137. The summed E-state index contributed by atoms with van der Waals surface area (Å²) in [7, 11) is 2.92. The van der Waals surface area contributed by atoms with Crippen LogP contribution in [0.4, 0.5) is 0 Å². The van der Waals surface area contributed by atoms with Gasteiger partial charge in [-0.05, 0) is 37.6 Å². The summed E-state index contributed by atoms with van der Waals surface area (Å²) < 4.78 is 15.2. The molecule has 0 aliphatic rings. The standard InChI is InChI=1S/C16H20O5/c1-5-11(2)16(18)21-8-6-7-12-9-13(19-3)15(17)14(10-12)20-4/h5-7,9-10,17H,8H2,1-4H3. The lowest BCUT2D eigenvalue weighted by Crippen LogP contribution is -2.05. The Morgan fingerprint density at radius 3 is 2.29 bits per heavy atom. The maximum Gasteiger partial charge on any atom is 0.333 e. The van der Waals surface area contributed by atoms with Gasteiger partial charge < -0.3 is 19.3 Å². The fourth-order valence-electron chi connectivity index (χ4n) is 1.55. The quantitative estimate of drug-likeness (QED) is 0.645. The first kappa shape index (κ1) is 16.6. The third kappa shape index (κ3) is 4.56. The first-order chi connectivity index (χ1) is 10.0. The van der Waals surface area contributed by atoms with Gasteiger partial charge in [-0.25, -0.2) is 4.79 Å². The number of phenols is 1. The van der Waals surface area contributed by atoms with Crippen molar-refractivity contribution in [3.05, 3.63) is 35.4 Å². The van der Waals surface area contributed by atoms with Crippen LogP contribution in [0.5, 0.6) is 17.2 Å². The Kier molecular flexibility index (Phi) is 6.33. The molecule has 0 amide bonds. The van der Waals surface area contributed by atoms with Crippen molar-refractivity contribution in [3.63, 3.8) is 0 Å². The Hall–Kier alpha value is -2.43. The number of hydrogen-bond donors (Lipinski definition) is 1. The van der Waals surface area contributed by atoms with Crippen LogP contribution in [0.1, 0.15) is 19.4 Å². The second-order valence-electron chi connectivity index (χ2n) is 4.25. The third-order valence-corrected chi connectivity index (χ3v) is 2.88. The fraction of sp³-hybridized carbons (Fsp3) is 0.312. The molecule has 5 nitrogen and oxygen atoms in total. The SMILES string of the molecule is CC=C(C)C(=O)OCC=Cc1cc(OC)c(O)c(OC)c1.